The van der Waals surface area contributed by atoms with Gasteiger partial charge in [0.05, 0.1) is 5.02 Å². The number of hydrogen-bond donors (Lipinski definition) is 2. The van der Waals surface area contributed by atoms with Crippen molar-refractivity contribution in [2.24, 2.45) is 5.92 Å². The molecule has 0 spiro atoms. The predicted molar refractivity (Wildman–Crippen MR) is 86.3 cm³/mol. The van der Waals surface area contributed by atoms with Gasteiger partial charge in [0.25, 0.3) is 0 Å². The van der Waals surface area contributed by atoms with Gasteiger partial charge in [-0.3, -0.25) is 0 Å². The molecule has 1 aliphatic carbocycles. The Morgan fingerprint density at radius 1 is 1.33 bits per heavy atom. The third kappa shape index (κ3) is 4.11. The maximum atomic E-state index is 12.4. The van der Waals surface area contributed by atoms with E-state index in [2.05, 4.69) is 10.0 Å². The summed E-state index contributed by atoms with van der Waals surface area (Å²) in [4.78, 5) is 0.0909. The minimum absolute atomic E-state index is 0.0129. The summed E-state index contributed by atoms with van der Waals surface area (Å²) < 4.78 is 27.5. The van der Waals surface area contributed by atoms with E-state index in [9.17, 15) is 8.42 Å². The second-order valence-corrected chi connectivity index (χ2v) is 8.28. The lowest BCUT2D eigenvalue weighted by atomic mass is 10.2. The zero-order valence-corrected chi connectivity index (χ0v) is 14.6. The largest absolute Gasteiger partial charge is 0.310 e. The van der Waals surface area contributed by atoms with E-state index in [1.165, 1.54) is 6.07 Å². The second-order valence-electron chi connectivity index (χ2n) is 5.81. The van der Waals surface area contributed by atoms with Crippen molar-refractivity contribution in [2.45, 2.75) is 50.7 Å². The van der Waals surface area contributed by atoms with E-state index < -0.39 is 10.0 Å². The van der Waals surface area contributed by atoms with Crippen molar-refractivity contribution < 1.29 is 8.42 Å². The third-order valence-electron chi connectivity index (χ3n) is 3.54. The first-order valence-corrected chi connectivity index (χ1v) is 9.19. The van der Waals surface area contributed by atoms with Crippen LogP contribution in [0.4, 0.5) is 0 Å². The Balaban J connectivity index is 2.29. The standard InChI is InChI=1S/C14H20Cl2N2O2S/c1-8(2)17-7-10-11(15)4-5-13(14(10)16)21(19,20)18-12-6-9(12)3/h4-5,8-9,12,17-18H,6-7H2,1-3H3. The third-order valence-corrected chi connectivity index (χ3v) is 5.97. The fourth-order valence-corrected chi connectivity index (χ4v) is 4.27. The van der Waals surface area contributed by atoms with Crippen molar-refractivity contribution in [1.82, 2.24) is 10.0 Å². The molecule has 2 rings (SSSR count). The maximum absolute atomic E-state index is 12.4. The SMILES string of the molecule is CC(C)NCc1c(Cl)ccc(S(=O)(=O)NC2CC2C)c1Cl. The first-order chi connectivity index (χ1) is 9.72. The number of benzene rings is 1. The van der Waals surface area contributed by atoms with Crippen LogP contribution in [0.1, 0.15) is 32.8 Å². The van der Waals surface area contributed by atoms with Crippen LogP contribution in [-0.2, 0) is 16.6 Å². The van der Waals surface area contributed by atoms with Crippen molar-refractivity contribution >= 4 is 33.2 Å². The van der Waals surface area contributed by atoms with Crippen molar-refractivity contribution in [1.29, 1.82) is 0 Å². The number of sulfonamides is 1. The molecule has 0 radical (unpaired) electrons. The normalized spacial score (nSPS) is 21.8. The highest BCUT2D eigenvalue weighted by atomic mass is 35.5. The lowest BCUT2D eigenvalue weighted by Gasteiger charge is -2.15. The first kappa shape index (κ1) is 17.0. The topological polar surface area (TPSA) is 58.2 Å². The summed E-state index contributed by atoms with van der Waals surface area (Å²) in [7, 11) is -3.61. The average Bonchev–Trinajstić information content (AvgIpc) is 3.02. The van der Waals surface area contributed by atoms with Gasteiger partial charge >= 0.3 is 0 Å². The van der Waals surface area contributed by atoms with Crippen LogP contribution >= 0.6 is 23.2 Å². The molecule has 1 aromatic rings. The van der Waals surface area contributed by atoms with E-state index in [1.54, 1.807) is 6.07 Å². The van der Waals surface area contributed by atoms with Crippen molar-refractivity contribution in [3.05, 3.63) is 27.7 Å². The lowest BCUT2D eigenvalue weighted by Crippen LogP contribution is -2.28. The fourth-order valence-electron chi connectivity index (χ4n) is 2.00. The van der Waals surface area contributed by atoms with Crippen molar-refractivity contribution in [2.75, 3.05) is 0 Å². The van der Waals surface area contributed by atoms with Crippen molar-refractivity contribution in [3.63, 3.8) is 0 Å². The van der Waals surface area contributed by atoms with Gasteiger partial charge in [0.1, 0.15) is 4.90 Å². The molecule has 0 aliphatic heterocycles. The Kier molecular flexibility index (Phi) is 5.21. The van der Waals surface area contributed by atoms with Gasteiger partial charge in [-0.25, -0.2) is 13.1 Å². The maximum Gasteiger partial charge on any atom is 0.242 e. The molecule has 0 aromatic heterocycles. The van der Waals surface area contributed by atoms with Gasteiger partial charge in [0.2, 0.25) is 10.0 Å². The number of nitrogens with one attached hydrogen (secondary N) is 2. The van der Waals surface area contributed by atoms with E-state index in [1.807, 2.05) is 20.8 Å². The Bertz CT molecular complexity index is 632. The molecule has 0 saturated heterocycles. The Hall–Kier alpha value is -0.330. The van der Waals surface area contributed by atoms with Crippen molar-refractivity contribution in [3.8, 4) is 0 Å². The predicted octanol–water partition coefficient (Wildman–Crippen LogP) is 3.18. The second kappa shape index (κ2) is 6.42. The Labute approximate surface area is 136 Å². The van der Waals surface area contributed by atoms with Gasteiger partial charge in [-0.15, -0.1) is 0 Å². The highest BCUT2D eigenvalue weighted by Gasteiger charge is 2.37. The quantitative estimate of drug-likeness (QED) is 0.828. The van der Waals surface area contributed by atoms with Crippen LogP contribution < -0.4 is 10.0 Å². The first-order valence-electron chi connectivity index (χ1n) is 6.95. The molecule has 0 amide bonds. The smallest absolute Gasteiger partial charge is 0.242 e. The highest BCUT2D eigenvalue weighted by Crippen LogP contribution is 2.34. The lowest BCUT2D eigenvalue weighted by molar-refractivity contribution is 0.576. The Morgan fingerprint density at radius 2 is 1.95 bits per heavy atom. The minimum atomic E-state index is -3.61. The van der Waals surface area contributed by atoms with Crippen LogP contribution in [0, 0.1) is 5.92 Å². The molecule has 7 heteroatoms. The molecule has 21 heavy (non-hydrogen) atoms. The summed E-state index contributed by atoms with van der Waals surface area (Å²) in [5, 5.41) is 3.85. The van der Waals surface area contributed by atoms with E-state index in [4.69, 9.17) is 23.2 Å². The monoisotopic (exact) mass is 350 g/mol. The summed E-state index contributed by atoms with van der Waals surface area (Å²) in [5.41, 5.74) is 0.610. The zero-order valence-electron chi connectivity index (χ0n) is 12.3. The molecule has 1 saturated carbocycles. The van der Waals surface area contributed by atoms with E-state index in [-0.39, 0.29) is 22.0 Å². The fraction of sp³-hybridized carbons (Fsp3) is 0.571. The van der Waals surface area contributed by atoms with Gasteiger partial charge in [-0.05, 0) is 24.5 Å². The highest BCUT2D eigenvalue weighted by molar-refractivity contribution is 7.89. The molecular weight excluding hydrogens is 331 g/mol. The zero-order chi connectivity index (χ0) is 15.8. The molecule has 1 aromatic carbocycles. The molecule has 2 N–H and O–H groups in total. The molecule has 1 fully saturated rings. The molecule has 0 heterocycles. The molecule has 2 atom stereocenters. The molecular formula is C14H20Cl2N2O2S. The van der Waals surface area contributed by atoms with Gasteiger partial charge in [0.15, 0.2) is 0 Å². The molecule has 0 bridgehead atoms. The van der Waals surface area contributed by atoms with Gasteiger partial charge < -0.3 is 5.32 Å². The van der Waals surface area contributed by atoms with E-state index >= 15 is 0 Å². The van der Waals surface area contributed by atoms with Crippen LogP contribution in [0.15, 0.2) is 17.0 Å². The summed E-state index contributed by atoms with van der Waals surface area (Å²) in [6.45, 7) is 6.43. The van der Waals surface area contributed by atoms with Crippen LogP contribution in [0.2, 0.25) is 10.0 Å². The van der Waals surface area contributed by atoms with Crippen LogP contribution in [0.5, 0.6) is 0 Å². The summed E-state index contributed by atoms with van der Waals surface area (Å²) in [6, 6.07) is 3.30. The summed E-state index contributed by atoms with van der Waals surface area (Å²) in [5.74, 6) is 0.382. The summed E-state index contributed by atoms with van der Waals surface area (Å²) >= 11 is 12.4. The molecule has 4 nitrogen and oxygen atoms in total. The Morgan fingerprint density at radius 3 is 2.48 bits per heavy atom. The van der Waals surface area contributed by atoms with Crippen LogP contribution in [0.3, 0.4) is 0 Å². The van der Waals surface area contributed by atoms with Gasteiger partial charge in [0, 0.05) is 29.2 Å². The van der Waals surface area contributed by atoms with Crippen LogP contribution in [0.25, 0.3) is 0 Å². The van der Waals surface area contributed by atoms with Gasteiger partial charge in [-0.1, -0.05) is 44.0 Å². The number of rotatable bonds is 6. The van der Waals surface area contributed by atoms with E-state index in [0.29, 0.717) is 23.0 Å². The van der Waals surface area contributed by atoms with Gasteiger partial charge in [-0.2, -0.15) is 0 Å². The number of hydrogen-bond acceptors (Lipinski definition) is 3. The summed E-state index contributed by atoms with van der Waals surface area (Å²) in [6.07, 6.45) is 0.867. The molecule has 2 unspecified atom stereocenters. The minimum Gasteiger partial charge on any atom is -0.310 e. The average molecular weight is 351 g/mol. The number of halogens is 2. The molecule has 1 aliphatic rings. The van der Waals surface area contributed by atoms with E-state index in [0.717, 1.165) is 6.42 Å². The van der Waals surface area contributed by atoms with Crippen LogP contribution in [-0.4, -0.2) is 20.5 Å². The molecule has 118 valence electrons.